The summed E-state index contributed by atoms with van der Waals surface area (Å²) in [6.45, 7) is 2.01. The Morgan fingerprint density at radius 2 is 1.83 bits per heavy atom. The van der Waals surface area contributed by atoms with Crippen molar-refractivity contribution >= 4 is 39.4 Å². The molecular formula is C16H19BrN4OS. The standard InChI is InChI=1S/C16H19BrN4OS/c1-11-4-3-5-15(21(19)16(22)20(2)18)14(11)10-23-13-8-6-12(17)7-9-13/h3-9H,10,18-19H2,1-2H3. The molecule has 4 N–H and O–H groups in total. The quantitative estimate of drug-likeness (QED) is 0.359. The fourth-order valence-corrected chi connectivity index (χ4v) is 3.34. The predicted octanol–water partition coefficient (Wildman–Crippen LogP) is 3.66. The van der Waals surface area contributed by atoms with E-state index in [-0.39, 0.29) is 0 Å². The third-order valence-corrected chi connectivity index (χ3v) is 4.92. The number of nitrogens with zero attached hydrogens (tertiary/aromatic N) is 2. The van der Waals surface area contributed by atoms with Crippen LogP contribution in [0.3, 0.4) is 0 Å². The van der Waals surface area contributed by atoms with E-state index in [1.54, 1.807) is 11.8 Å². The Morgan fingerprint density at radius 1 is 1.17 bits per heavy atom. The van der Waals surface area contributed by atoms with Gasteiger partial charge in [-0.3, -0.25) is 5.01 Å². The maximum Gasteiger partial charge on any atom is 0.352 e. The Labute approximate surface area is 148 Å². The normalized spacial score (nSPS) is 10.5. The molecule has 0 radical (unpaired) electrons. The summed E-state index contributed by atoms with van der Waals surface area (Å²) in [6.07, 6.45) is 0. The van der Waals surface area contributed by atoms with Crippen molar-refractivity contribution in [3.8, 4) is 0 Å². The monoisotopic (exact) mass is 394 g/mol. The smallest absolute Gasteiger partial charge is 0.264 e. The lowest BCUT2D eigenvalue weighted by molar-refractivity contribution is 0.216. The SMILES string of the molecule is Cc1cccc(N(N)C(=O)N(C)N)c1CSc1ccc(Br)cc1. The van der Waals surface area contributed by atoms with Crippen LogP contribution in [0.1, 0.15) is 11.1 Å². The van der Waals surface area contributed by atoms with E-state index in [4.69, 9.17) is 11.7 Å². The fraction of sp³-hybridized carbons (Fsp3) is 0.188. The summed E-state index contributed by atoms with van der Waals surface area (Å²) in [5.74, 6) is 12.1. The molecule has 2 aromatic rings. The number of nitrogens with two attached hydrogens (primary N) is 2. The van der Waals surface area contributed by atoms with Crippen LogP contribution in [0.25, 0.3) is 0 Å². The van der Waals surface area contributed by atoms with Gasteiger partial charge in [-0.25, -0.2) is 21.5 Å². The minimum Gasteiger partial charge on any atom is -0.264 e. The number of rotatable bonds is 4. The Balaban J connectivity index is 2.23. The molecule has 2 rings (SSSR count). The highest BCUT2D eigenvalue weighted by Crippen LogP contribution is 2.31. The molecule has 7 heteroatoms. The van der Waals surface area contributed by atoms with Crippen molar-refractivity contribution in [3.63, 3.8) is 0 Å². The lowest BCUT2D eigenvalue weighted by Gasteiger charge is -2.24. The van der Waals surface area contributed by atoms with Crippen LogP contribution >= 0.6 is 27.7 Å². The molecule has 0 aliphatic carbocycles. The van der Waals surface area contributed by atoms with Crippen LogP contribution < -0.4 is 16.7 Å². The maximum atomic E-state index is 12.0. The molecule has 0 aliphatic heterocycles. The van der Waals surface area contributed by atoms with Gasteiger partial charge in [-0.1, -0.05) is 28.1 Å². The molecule has 0 spiro atoms. The second kappa shape index (κ2) is 7.83. The van der Waals surface area contributed by atoms with E-state index < -0.39 is 6.03 Å². The summed E-state index contributed by atoms with van der Waals surface area (Å²) < 4.78 is 1.04. The topological polar surface area (TPSA) is 75.6 Å². The largest absolute Gasteiger partial charge is 0.352 e. The first kappa shape index (κ1) is 17.8. The van der Waals surface area contributed by atoms with Crippen molar-refractivity contribution in [1.29, 1.82) is 0 Å². The van der Waals surface area contributed by atoms with Gasteiger partial charge < -0.3 is 0 Å². The summed E-state index contributed by atoms with van der Waals surface area (Å²) in [5.41, 5.74) is 2.75. The Bertz CT molecular complexity index is 691. The van der Waals surface area contributed by atoms with E-state index in [9.17, 15) is 4.79 Å². The zero-order valence-electron chi connectivity index (χ0n) is 13.0. The molecular weight excluding hydrogens is 376 g/mol. The highest BCUT2D eigenvalue weighted by atomic mass is 79.9. The van der Waals surface area contributed by atoms with Gasteiger partial charge >= 0.3 is 6.03 Å². The van der Waals surface area contributed by atoms with Crippen molar-refractivity contribution in [2.24, 2.45) is 11.7 Å². The van der Waals surface area contributed by atoms with Crippen LogP contribution in [-0.2, 0) is 5.75 Å². The highest BCUT2D eigenvalue weighted by molar-refractivity contribution is 9.10. The van der Waals surface area contributed by atoms with Gasteiger partial charge in [-0.15, -0.1) is 11.8 Å². The van der Waals surface area contributed by atoms with E-state index >= 15 is 0 Å². The van der Waals surface area contributed by atoms with Gasteiger partial charge in [0.1, 0.15) is 0 Å². The van der Waals surface area contributed by atoms with E-state index in [1.165, 1.54) is 7.05 Å². The first-order valence-corrected chi connectivity index (χ1v) is 8.72. The number of benzene rings is 2. The lowest BCUT2D eigenvalue weighted by Crippen LogP contribution is -2.49. The highest BCUT2D eigenvalue weighted by Gasteiger charge is 2.18. The number of urea groups is 1. The second-order valence-electron chi connectivity index (χ2n) is 5.08. The fourth-order valence-electron chi connectivity index (χ4n) is 2.06. The number of aryl methyl sites for hydroxylation is 1. The molecule has 2 amide bonds. The zero-order chi connectivity index (χ0) is 17.0. The van der Waals surface area contributed by atoms with Gasteiger partial charge in [-0.05, 0) is 48.4 Å². The molecule has 23 heavy (non-hydrogen) atoms. The van der Waals surface area contributed by atoms with Gasteiger partial charge in [0.2, 0.25) is 0 Å². The number of carbonyl (C=O) groups excluding carboxylic acids is 1. The average molecular weight is 395 g/mol. The van der Waals surface area contributed by atoms with Gasteiger partial charge in [0.05, 0.1) is 5.69 Å². The summed E-state index contributed by atoms with van der Waals surface area (Å²) >= 11 is 5.12. The number of halogens is 1. The van der Waals surface area contributed by atoms with Gasteiger partial charge in [0.25, 0.3) is 0 Å². The summed E-state index contributed by atoms with van der Waals surface area (Å²) in [5, 5.41) is 2.05. The first-order chi connectivity index (χ1) is 10.9. The lowest BCUT2D eigenvalue weighted by atomic mass is 10.1. The van der Waals surface area contributed by atoms with Crippen molar-refractivity contribution in [2.75, 3.05) is 12.1 Å². The van der Waals surface area contributed by atoms with Crippen molar-refractivity contribution < 1.29 is 4.79 Å². The predicted molar refractivity (Wildman–Crippen MR) is 98.9 cm³/mol. The van der Waals surface area contributed by atoms with Crippen LogP contribution in [-0.4, -0.2) is 18.1 Å². The van der Waals surface area contributed by atoms with Gasteiger partial charge in [-0.2, -0.15) is 0 Å². The molecule has 0 atom stereocenters. The molecule has 5 nitrogen and oxygen atoms in total. The first-order valence-electron chi connectivity index (χ1n) is 6.94. The third-order valence-electron chi connectivity index (χ3n) is 3.35. The summed E-state index contributed by atoms with van der Waals surface area (Å²) in [4.78, 5) is 13.2. The molecule has 0 saturated carbocycles. The Kier molecular flexibility index (Phi) is 6.06. The maximum absolute atomic E-state index is 12.0. The van der Waals surface area contributed by atoms with E-state index in [1.807, 2.05) is 49.4 Å². The third kappa shape index (κ3) is 4.48. The number of hydrazine groups is 2. The molecule has 0 aliphatic rings. The molecule has 0 aromatic heterocycles. The van der Waals surface area contributed by atoms with Gasteiger partial charge in [0, 0.05) is 22.2 Å². The average Bonchev–Trinajstić information content (AvgIpc) is 2.53. The second-order valence-corrected chi connectivity index (χ2v) is 7.04. The van der Waals surface area contributed by atoms with Crippen LogP contribution in [0.4, 0.5) is 10.5 Å². The van der Waals surface area contributed by atoms with Crippen LogP contribution in [0.5, 0.6) is 0 Å². The summed E-state index contributed by atoms with van der Waals surface area (Å²) in [6, 6.07) is 13.3. The van der Waals surface area contributed by atoms with E-state index in [0.717, 1.165) is 30.5 Å². The molecule has 2 aromatic carbocycles. The molecule has 0 saturated heterocycles. The molecule has 122 valence electrons. The number of hydrogen-bond acceptors (Lipinski definition) is 4. The number of thioether (sulfide) groups is 1. The van der Waals surface area contributed by atoms with Crippen molar-refractivity contribution in [2.45, 2.75) is 17.6 Å². The van der Waals surface area contributed by atoms with Crippen molar-refractivity contribution in [3.05, 3.63) is 58.1 Å². The molecule has 0 unspecified atom stereocenters. The molecule has 0 bridgehead atoms. The molecule has 0 fully saturated rings. The minimum absolute atomic E-state index is 0.467. The van der Waals surface area contributed by atoms with E-state index in [0.29, 0.717) is 11.4 Å². The number of amides is 2. The number of hydrogen-bond donors (Lipinski definition) is 2. The van der Waals surface area contributed by atoms with E-state index in [2.05, 4.69) is 15.9 Å². The number of anilines is 1. The van der Waals surface area contributed by atoms with Crippen LogP contribution in [0.15, 0.2) is 51.8 Å². The zero-order valence-corrected chi connectivity index (χ0v) is 15.4. The van der Waals surface area contributed by atoms with Crippen LogP contribution in [0, 0.1) is 6.92 Å². The van der Waals surface area contributed by atoms with Crippen molar-refractivity contribution in [1.82, 2.24) is 5.01 Å². The van der Waals surface area contributed by atoms with Gasteiger partial charge in [0.15, 0.2) is 0 Å². The summed E-state index contributed by atoms with van der Waals surface area (Å²) in [7, 11) is 1.47. The Morgan fingerprint density at radius 3 is 2.43 bits per heavy atom. The Hall–Kier alpha value is -1.54. The number of carbonyl (C=O) groups is 1. The molecule has 0 heterocycles. The minimum atomic E-state index is -0.467. The van der Waals surface area contributed by atoms with Crippen LogP contribution in [0.2, 0.25) is 0 Å².